The summed E-state index contributed by atoms with van der Waals surface area (Å²) in [5.41, 5.74) is 1.93. The van der Waals surface area contributed by atoms with Crippen molar-refractivity contribution in [3.8, 4) is 0 Å². The van der Waals surface area contributed by atoms with Crippen molar-refractivity contribution >= 4 is 39.2 Å². The van der Waals surface area contributed by atoms with Crippen LogP contribution in [0.4, 0.5) is 5.69 Å². The molecule has 4 rings (SSSR count). The minimum atomic E-state index is -3.84. The summed E-state index contributed by atoms with van der Waals surface area (Å²) in [5.74, 6) is -1.09. The van der Waals surface area contributed by atoms with Gasteiger partial charge in [0.05, 0.1) is 10.6 Å². The summed E-state index contributed by atoms with van der Waals surface area (Å²) in [4.78, 5) is 27.2. The molecule has 0 N–H and O–H groups in total. The summed E-state index contributed by atoms with van der Waals surface area (Å²) in [6, 6.07) is 11.7. The molecular weight excluding hydrogens is 464 g/mol. The second kappa shape index (κ2) is 9.83. The van der Waals surface area contributed by atoms with Crippen molar-refractivity contribution in [1.29, 1.82) is 0 Å². The van der Waals surface area contributed by atoms with Crippen LogP contribution in [0, 0.1) is 0 Å². The van der Waals surface area contributed by atoms with Gasteiger partial charge in [-0.2, -0.15) is 4.31 Å². The quantitative estimate of drug-likeness (QED) is 0.590. The van der Waals surface area contributed by atoms with Gasteiger partial charge in [-0.15, -0.1) is 0 Å². The maximum absolute atomic E-state index is 13.2. The third kappa shape index (κ3) is 4.93. The number of halogens is 1. The Morgan fingerprint density at radius 1 is 1.00 bits per heavy atom. The zero-order chi connectivity index (χ0) is 23.6. The number of carbonyl (C=O) groups excluding carboxylic acids is 2. The molecular formula is C24H27ClN2O5S. The first-order chi connectivity index (χ1) is 15.8. The first kappa shape index (κ1) is 23.7. The van der Waals surface area contributed by atoms with Gasteiger partial charge in [0.1, 0.15) is 4.90 Å². The summed E-state index contributed by atoms with van der Waals surface area (Å²) in [5, 5.41) is 0.0496. The number of esters is 1. The average molecular weight is 491 g/mol. The Balaban J connectivity index is 1.50. The van der Waals surface area contributed by atoms with Crippen LogP contribution in [-0.4, -0.2) is 50.3 Å². The van der Waals surface area contributed by atoms with E-state index in [1.165, 1.54) is 29.4 Å². The summed E-state index contributed by atoms with van der Waals surface area (Å²) in [7, 11) is -3.84. The molecule has 7 nitrogen and oxygen atoms in total. The summed E-state index contributed by atoms with van der Waals surface area (Å²) < 4.78 is 33.2. The van der Waals surface area contributed by atoms with Gasteiger partial charge >= 0.3 is 5.97 Å². The van der Waals surface area contributed by atoms with Crippen LogP contribution < -0.4 is 4.90 Å². The standard InChI is InChI=1S/C24H27ClN2O5S/c1-17(23(28)27-15-12-18-8-4-5-9-21(18)27)32-24(29)19-10-11-20(25)22(16-19)33(30,31)26-13-6-2-3-7-14-26/h4-5,8-11,16-17H,2-3,6-7,12-15H2,1H3/t17-/m1/s1. The molecule has 0 unspecified atom stereocenters. The number of benzene rings is 2. The third-order valence-corrected chi connectivity index (χ3v) is 8.51. The molecule has 0 saturated carbocycles. The van der Waals surface area contributed by atoms with E-state index in [4.69, 9.17) is 16.3 Å². The third-order valence-electron chi connectivity index (χ3n) is 6.13. The smallest absolute Gasteiger partial charge is 0.338 e. The Labute approximate surface area is 199 Å². The monoisotopic (exact) mass is 490 g/mol. The molecule has 1 atom stereocenters. The van der Waals surface area contributed by atoms with Gasteiger partial charge in [-0.1, -0.05) is 42.6 Å². The Morgan fingerprint density at radius 2 is 1.70 bits per heavy atom. The number of nitrogens with zero attached hydrogens (tertiary/aromatic N) is 2. The number of hydrogen-bond donors (Lipinski definition) is 0. The highest BCUT2D eigenvalue weighted by Gasteiger charge is 2.31. The fraction of sp³-hybridized carbons (Fsp3) is 0.417. The molecule has 0 aromatic heterocycles. The zero-order valence-electron chi connectivity index (χ0n) is 18.5. The van der Waals surface area contributed by atoms with E-state index in [0.717, 1.165) is 43.4 Å². The van der Waals surface area contributed by atoms with Crippen LogP contribution in [0.2, 0.25) is 5.02 Å². The summed E-state index contributed by atoms with van der Waals surface area (Å²) in [6.45, 7) is 2.90. The topological polar surface area (TPSA) is 84.0 Å². The molecule has 0 bridgehead atoms. The average Bonchev–Trinajstić information content (AvgIpc) is 3.03. The highest BCUT2D eigenvalue weighted by Crippen LogP contribution is 2.30. The number of fused-ring (bicyclic) bond motifs is 1. The largest absolute Gasteiger partial charge is 0.449 e. The van der Waals surface area contributed by atoms with Gasteiger partial charge in [-0.3, -0.25) is 4.79 Å². The van der Waals surface area contributed by atoms with E-state index in [-0.39, 0.29) is 21.4 Å². The lowest BCUT2D eigenvalue weighted by molar-refractivity contribution is -0.126. The number of amides is 1. The van der Waals surface area contributed by atoms with Crippen LogP contribution in [0.1, 0.15) is 48.5 Å². The second-order valence-electron chi connectivity index (χ2n) is 8.38. The second-order valence-corrected chi connectivity index (χ2v) is 10.7. The van der Waals surface area contributed by atoms with Crippen molar-refractivity contribution in [3.05, 3.63) is 58.6 Å². The normalized spacial score (nSPS) is 17.8. The van der Waals surface area contributed by atoms with E-state index >= 15 is 0 Å². The van der Waals surface area contributed by atoms with Crippen LogP contribution in [-0.2, 0) is 26.0 Å². The first-order valence-electron chi connectivity index (χ1n) is 11.2. The Morgan fingerprint density at radius 3 is 2.42 bits per heavy atom. The molecule has 2 aliphatic rings. The van der Waals surface area contributed by atoms with Crippen LogP contribution in [0.15, 0.2) is 47.4 Å². The van der Waals surface area contributed by atoms with E-state index in [1.54, 1.807) is 4.90 Å². The number of para-hydroxylation sites is 1. The molecule has 2 aliphatic heterocycles. The summed E-state index contributed by atoms with van der Waals surface area (Å²) in [6.07, 6.45) is 3.27. The van der Waals surface area contributed by atoms with Gasteiger partial charge in [0.25, 0.3) is 5.91 Å². The van der Waals surface area contributed by atoms with Crippen molar-refractivity contribution in [2.75, 3.05) is 24.5 Å². The highest BCUT2D eigenvalue weighted by molar-refractivity contribution is 7.89. The maximum atomic E-state index is 13.2. The predicted octanol–water partition coefficient (Wildman–Crippen LogP) is 4.04. The van der Waals surface area contributed by atoms with Gasteiger partial charge in [-0.05, 0) is 56.0 Å². The van der Waals surface area contributed by atoms with E-state index in [9.17, 15) is 18.0 Å². The molecule has 0 radical (unpaired) electrons. The molecule has 9 heteroatoms. The van der Waals surface area contributed by atoms with Gasteiger partial charge in [0.2, 0.25) is 10.0 Å². The lowest BCUT2D eigenvalue weighted by Gasteiger charge is -2.22. The number of carbonyl (C=O) groups is 2. The fourth-order valence-corrected chi connectivity index (χ4v) is 6.33. The zero-order valence-corrected chi connectivity index (χ0v) is 20.1. The molecule has 1 fully saturated rings. The molecule has 1 saturated heterocycles. The van der Waals surface area contributed by atoms with Crippen molar-refractivity contribution in [2.24, 2.45) is 0 Å². The number of hydrogen-bond acceptors (Lipinski definition) is 5. The van der Waals surface area contributed by atoms with E-state index < -0.39 is 22.1 Å². The molecule has 0 aliphatic carbocycles. The molecule has 2 aromatic rings. The SMILES string of the molecule is C[C@@H](OC(=O)c1ccc(Cl)c(S(=O)(=O)N2CCCCCC2)c1)C(=O)N1CCc2ccccc21. The number of sulfonamides is 1. The van der Waals surface area contributed by atoms with E-state index in [0.29, 0.717) is 19.6 Å². The Kier molecular flexibility index (Phi) is 7.07. The molecule has 2 aromatic carbocycles. The van der Waals surface area contributed by atoms with Crippen LogP contribution >= 0.6 is 11.6 Å². The van der Waals surface area contributed by atoms with Gasteiger partial charge in [0, 0.05) is 25.3 Å². The Hall–Kier alpha value is -2.42. The number of anilines is 1. The van der Waals surface area contributed by atoms with E-state index in [2.05, 4.69) is 0 Å². The van der Waals surface area contributed by atoms with Crippen LogP contribution in [0.3, 0.4) is 0 Å². The predicted molar refractivity (Wildman–Crippen MR) is 126 cm³/mol. The van der Waals surface area contributed by atoms with E-state index in [1.807, 2.05) is 24.3 Å². The minimum absolute atomic E-state index is 0.0364. The van der Waals surface area contributed by atoms with Crippen molar-refractivity contribution in [1.82, 2.24) is 4.31 Å². The highest BCUT2D eigenvalue weighted by atomic mass is 35.5. The number of ether oxygens (including phenoxy) is 1. The van der Waals surface area contributed by atoms with Gasteiger partial charge in [0.15, 0.2) is 6.10 Å². The molecule has 33 heavy (non-hydrogen) atoms. The molecule has 0 spiro atoms. The number of rotatable bonds is 5. The summed E-state index contributed by atoms with van der Waals surface area (Å²) >= 11 is 6.22. The first-order valence-corrected chi connectivity index (χ1v) is 13.0. The lowest BCUT2D eigenvalue weighted by atomic mass is 10.2. The van der Waals surface area contributed by atoms with Crippen molar-refractivity contribution < 1.29 is 22.7 Å². The maximum Gasteiger partial charge on any atom is 0.338 e. The minimum Gasteiger partial charge on any atom is -0.449 e. The molecule has 2 heterocycles. The molecule has 1 amide bonds. The van der Waals surface area contributed by atoms with Crippen LogP contribution in [0.5, 0.6) is 0 Å². The molecule has 176 valence electrons. The van der Waals surface area contributed by atoms with Crippen molar-refractivity contribution in [2.45, 2.75) is 50.0 Å². The Bertz CT molecular complexity index is 1160. The van der Waals surface area contributed by atoms with Gasteiger partial charge < -0.3 is 9.64 Å². The fourth-order valence-electron chi connectivity index (χ4n) is 4.31. The van der Waals surface area contributed by atoms with Gasteiger partial charge in [-0.25, -0.2) is 13.2 Å². The van der Waals surface area contributed by atoms with Crippen LogP contribution in [0.25, 0.3) is 0 Å². The van der Waals surface area contributed by atoms with Crippen molar-refractivity contribution in [3.63, 3.8) is 0 Å². The lowest BCUT2D eigenvalue weighted by Crippen LogP contribution is -2.39.